The standard InChI is InChI=1S/C30H23ClF3N3O4S.ClH/c1-40-20-4-2-3-18(12-20)22-13-19(31)9-10-21(22)27(30(32,33)34)41-28-26-25(36-15-37-28)23(14-42-26)17-7-5-16(6-8-17)11-24(35)29(38)39;/h2-10,12-15,24,27H,11,35H2,1H3,(H,38,39);1H/t24-,27?;/m0./s1. The van der Waals surface area contributed by atoms with Crippen molar-refractivity contribution in [2.75, 3.05) is 7.11 Å². The fourth-order valence-electron chi connectivity index (χ4n) is 4.50. The highest BCUT2D eigenvalue weighted by Crippen LogP contribution is 2.44. The first-order valence-corrected chi connectivity index (χ1v) is 13.8. The summed E-state index contributed by atoms with van der Waals surface area (Å²) in [5, 5.41) is 11.1. The number of halogens is 5. The second-order valence-electron chi connectivity index (χ2n) is 9.35. The number of alkyl halides is 3. The molecule has 0 aliphatic heterocycles. The van der Waals surface area contributed by atoms with Crippen molar-refractivity contribution in [3.63, 3.8) is 0 Å². The van der Waals surface area contributed by atoms with Gasteiger partial charge in [0.15, 0.2) is 0 Å². The first-order chi connectivity index (χ1) is 20.0. The smallest absolute Gasteiger partial charge is 0.429 e. The second kappa shape index (κ2) is 13.2. The molecule has 0 saturated heterocycles. The van der Waals surface area contributed by atoms with Gasteiger partial charge in [-0.1, -0.05) is 54.1 Å². The third kappa shape index (κ3) is 7.02. The van der Waals surface area contributed by atoms with Crippen LogP contribution in [-0.2, 0) is 11.2 Å². The van der Waals surface area contributed by atoms with Gasteiger partial charge in [-0.15, -0.1) is 23.7 Å². The predicted octanol–water partition coefficient (Wildman–Crippen LogP) is 7.75. The fraction of sp³-hybridized carbons (Fsp3) is 0.167. The van der Waals surface area contributed by atoms with Gasteiger partial charge in [-0.3, -0.25) is 4.79 Å². The Morgan fingerprint density at radius 1 is 1.05 bits per heavy atom. The van der Waals surface area contributed by atoms with E-state index in [1.54, 1.807) is 53.9 Å². The van der Waals surface area contributed by atoms with Gasteiger partial charge < -0.3 is 20.3 Å². The number of thiophene rings is 1. The molecular formula is C30H24Cl2F3N3O4S. The van der Waals surface area contributed by atoms with Crippen molar-refractivity contribution in [3.8, 4) is 33.9 Å². The Kier molecular flexibility index (Phi) is 9.81. The summed E-state index contributed by atoms with van der Waals surface area (Å²) in [4.78, 5) is 19.4. The summed E-state index contributed by atoms with van der Waals surface area (Å²) in [6, 6.07) is 16.8. The first-order valence-electron chi connectivity index (χ1n) is 12.5. The van der Waals surface area contributed by atoms with Gasteiger partial charge in [0.05, 0.1) is 12.6 Å². The number of hydrogen-bond donors (Lipinski definition) is 2. The summed E-state index contributed by atoms with van der Waals surface area (Å²) in [5.74, 6) is -0.836. The molecule has 2 aromatic heterocycles. The molecule has 43 heavy (non-hydrogen) atoms. The van der Waals surface area contributed by atoms with Crippen LogP contribution in [0.3, 0.4) is 0 Å². The number of ether oxygens (including phenoxy) is 2. The van der Waals surface area contributed by atoms with Gasteiger partial charge in [-0.05, 0) is 52.9 Å². The summed E-state index contributed by atoms with van der Waals surface area (Å²) in [7, 11) is 1.47. The van der Waals surface area contributed by atoms with Crippen LogP contribution in [0.4, 0.5) is 13.2 Å². The van der Waals surface area contributed by atoms with Crippen LogP contribution in [0.2, 0.25) is 5.02 Å². The largest absolute Gasteiger partial charge is 0.497 e. The van der Waals surface area contributed by atoms with Crippen LogP contribution < -0.4 is 15.2 Å². The van der Waals surface area contributed by atoms with Crippen molar-refractivity contribution in [2.45, 2.75) is 24.7 Å². The SMILES string of the molecule is COc1cccc(-c2cc(Cl)ccc2C(Oc2ncnc3c(-c4ccc(C[C@H](N)C(=O)O)cc4)csc23)C(F)(F)F)c1.Cl. The molecule has 0 aliphatic carbocycles. The monoisotopic (exact) mass is 649 g/mol. The topological polar surface area (TPSA) is 108 Å². The highest BCUT2D eigenvalue weighted by Gasteiger charge is 2.45. The lowest BCUT2D eigenvalue weighted by molar-refractivity contribution is -0.198. The molecule has 224 valence electrons. The number of rotatable bonds is 9. The molecule has 1 unspecified atom stereocenters. The summed E-state index contributed by atoms with van der Waals surface area (Å²) in [6.45, 7) is 0. The summed E-state index contributed by atoms with van der Waals surface area (Å²) >= 11 is 7.36. The molecule has 0 saturated carbocycles. The summed E-state index contributed by atoms with van der Waals surface area (Å²) < 4.78 is 55.1. The van der Waals surface area contributed by atoms with Gasteiger partial charge in [0.25, 0.3) is 0 Å². The van der Waals surface area contributed by atoms with E-state index in [0.717, 1.165) is 28.8 Å². The van der Waals surface area contributed by atoms with Gasteiger partial charge in [0.1, 0.15) is 22.8 Å². The van der Waals surface area contributed by atoms with E-state index in [1.165, 1.54) is 25.3 Å². The van der Waals surface area contributed by atoms with Gasteiger partial charge >= 0.3 is 12.1 Å². The number of fused-ring (bicyclic) bond motifs is 1. The average Bonchev–Trinajstić information content (AvgIpc) is 3.41. The third-order valence-electron chi connectivity index (χ3n) is 6.56. The minimum atomic E-state index is -4.80. The van der Waals surface area contributed by atoms with Crippen LogP contribution in [0, 0.1) is 0 Å². The van der Waals surface area contributed by atoms with Crippen LogP contribution in [0.25, 0.3) is 32.5 Å². The molecule has 2 heterocycles. The third-order valence-corrected chi connectivity index (χ3v) is 7.76. The Balaban J connectivity index is 0.00000423. The molecule has 0 spiro atoms. The van der Waals surface area contributed by atoms with Gasteiger partial charge in [-0.2, -0.15) is 13.2 Å². The lowest BCUT2D eigenvalue weighted by Crippen LogP contribution is -2.32. The minimum Gasteiger partial charge on any atom is -0.497 e. The zero-order valence-corrected chi connectivity index (χ0v) is 24.7. The molecule has 0 bridgehead atoms. The number of methoxy groups -OCH3 is 1. The number of aromatic nitrogens is 2. The van der Waals surface area contributed by atoms with Crippen molar-refractivity contribution in [1.82, 2.24) is 9.97 Å². The molecular weight excluding hydrogens is 626 g/mol. The Morgan fingerprint density at radius 3 is 2.47 bits per heavy atom. The molecule has 0 aliphatic rings. The van der Waals surface area contributed by atoms with Crippen LogP contribution in [0.5, 0.6) is 11.6 Å². The minimum absolute atomic E-state index is 0. The van der Waals surface area contributed by atoms with Crippen molar-refractivity contribution in [1.29, 1.82) is 0 Å². The molecule has 0 fully saturated rings. The molecule has 5 rings (SSSR count). The van der Waals surface area contributed by atoms with E-state index in [-0.39, 0.29) is 40.9 Å². The molecule has 2 atom stereocenters. The number of aliphatic carboxylic acids is 1. The Hall–Kier alpha value is -3.90. The second-order valence-corrected chi connectivity index (χ2v) is 10.7. The lowest BCUT2D eigenvalue weighted by atomic mass is 9.95. The zero-order valence-electron chi connectivity index (χ0n) is 22.3. The number of carboxylic acids is 1. The van der Waals surface area contributed by atoms with E-state index in [4.69, 9.17) is 31.9 Å². The van der Waals surface area contributed by atoms with Gasteiger partial charge in [0, 0.05) is 21.5 Å². The summed E-state index contributed by atoms with van der Waals surface area (Å²) in [6.07, 6.45) is -5.85. The number of nitrogens with zero attached hydrogens (tertiary/aromatic N) is 2. The van der Waals surface area contributed by atoms with E-state index >= 15 is 0 Å². The van der Waals surface area contributed by atoms with E-state index in [2.05, 4.69) is 9.97 Å². The van der Waals surface area contributed by atoms with E-state index in [1.807, 2.05) is 0 Å². The van der Waals surface area contributed by atoms with E-state index in [9.17, 15) is 18.0 Å². The van der Waals surface area contributed by atoms with Gasteiger partial charge in [-0.25, -0.2) is 9.97 Å². The van der Waals surface area contributed by atoms with Crippen molar-refractivity contribution in [2.24, 2.45) is 5.73 Å². The molecule has 3 aromatic carbocycles. The lowest BCUT2D eigenvalue weighted by Gasteiger charge is -2.24. The van der Waals surface area contributed by atoms with Crippen LogP contribution in [-0.4, -0.2) is 40.4 Å². The summed E-state index contributed by atoms with van der Waals surface area (Å²) in [5.41, 5.74) is 8.76. The fourth-order valence-corrected chi connectivity index (χ4v) is 5.63. The Morgan fingerprint density at radius 2 is 1.79 bits per heavy atom. The first kappa shape index (κ1) is 32.0. The van der Waals surface area contributed by atoms with Crippen LogP contribution >= 0.6 is 35.3 Å². The number of benzene rings is 3. The van der Waals surface area contributed by atoms with E-state index in [0.29, 0.717) is 27.1 Å². The molecule has 0 amide bonds. The van der Waals surface area contributed by atoms with Crippen molar-refractivity contribution >= 4 is 51.5 Å². The predicted molar refractivity (Wildman–Crippen MR) is 162 cm³/mol. The molecule has 7 nitrogen and oxygen atoms in total. The number of carbonyl (C=O) groups is 1. The Bertz CT molecular complexity index is 1750. The van der Waals surface area contributed by atoms with Crippen molar-refractivity contribution in [3.05, 3.63) is 94.6 Å². The maximum absolute atomic E-state index is 14.6. The zero-order chi connectivity index (χ0) is 30.0. The van der Waals surface area contributed by atoms with E-state index < -0.39 is 24.3 Å². The molecule has 13 heteroatoms. The Labute approximate surface area is 259 Å². The van der Waals surface area contributed by atoms with Crippen molar-refractivity contribution < 1.29 is 32.5 Å². The molecule has 5 aromatic rings. The average molecular weight is 651 g/mol. The normalized spacial score (nSPS) is 12.8. The van der Waals surface area contributed by atoms with Crippen LogP contribution in [0.1, 0.15) is 17.2 Å². The highest BCUT2D eigenvalue weighted by atomic mass is 35.5. The number of nitrogens with two attached hydrogens (primary N) is 1. The van der Waals surface area contributed by atoms with Crippen LogP contribution in [0.15, 0.2) is 78.4 Å². The number of carboxylic acid groups (broad SMARTS) is 1. The highest BCUT2D eigenvalue weighted by molar-refractivity contribution is 7.18. The quantitative estimate of drug-likeness (QED) is 0.168. The number of hydrogen-bond acceptors (Lipinski definition) is 7. The maximum atomic E-state index is 14.6. The molecule has 3 N–H and O–H groups in total. The maximum Gasteiger partial charge on any atom is 0.429 e. The molecule has 0 radical (unpaired) electrons. The van der Waals surface area contributed by atoms with Gasteiger partial charge in [0.2, 0.25) is 12.0 Å².